The smallest absolute Gasteiger partial charge is 0.200 e. The van der Waals surface area contributed by atoms with Crippen LogP contribution in [-0.4, -0.2) is 26.6 Å². The van der Waals surface area contributed by atoms with Gasteiger partial charge >= 0.3 is 0 Å². The number of ether oxygens (including phenoxy) is 3. The van der Waals surface area contributed by atoms with Gasteiger partial charge < -0.3 is 14.2 Å². The normalized spacial score (nSPS) is 10.0. The van der Waals surface area contributed by atoms with Crippen LogP contribution in [0.3, 0.4) is 0 Å². The molecule has 0 spiro atoms. The molecule has 0 saturated heterocycles. The molecule has 0 bridgehead atoms. The Labute approximate surface area is 131 Å². The molecule has 2 aromatic rings. The standard InChI is InChI=1S/C16H15BrO4/c1-19-12-6-3-5-11(9-12)14(18)10-21-16-13(17)7-4-8-15(16)20-2/h3-9H,10H2,1-2H3. The molecule has 21 heavy (non-hydrogen) atoms. The van der Waals surface area contributed by atoms with Gasteiger partial charge in [0.1, 0.15) is 5.75 Å². The number of methoxy groups -OCH3 is 2. The van der Waals surface area contributed by atoms with Crippen LogP contribution in [0, 0.1) is 0 Å². The maximum Gasteiger partial charge on any atom is 0.200 e. The van der Waals surface area contributed by atoms with Crippen molar-refractivity contribution in [3.8, 4) is 17.2 Å². The lowest BCUT2D eigenvalue weighted by Gasteiger charge is -2.12. The van der Waals surface area contributed by atoms with E-state index in [-0.39, 0.29) is 12.4 Å². The van der Waals surface area contributed by atoms with Gasteiger partial charge in [0.25, 0.3) is 0 Å². The molecule has 0 radical (unpaired) electrons. The third-order valence-corrected chi connectivity index (χ3v) is 3.51. The molecule has 0 aliphatic heterocycles. The summed E-state index contributed by atoms with van der Waals surface area (Å²) in [5, 5.41) is 0. The largest absolute Gasteiger partial charge is 0.497 e. The lowest BCUT2D eigenvalue weighted by molar-refractivity contribution is 0.0918. The molecule has 110 valence electrons. The second-order valence-corrected chi connectivity index (χ2v) is 5.07. The summed E-state index contributed by atoms with van der Waals surface area (Å²) in [6, 6.07) is 12.4. The van der Waals surface area contributed by atoms with E-state index < -0.39 is 0 Å². The number of hydrogen-bond donors (Lipinski definition) is 0. The lowest BCUT2D eigenvalue weighted by Crippen LogP contribution is -2.12. The zero-order valence-corrected chi connectivity index (χ0v) is 13.3. The van der Waals surface area contributed by atoms with Crippen LogP contribution in [-0.2, 0) is 0 Å². The highest BCUT2D eigenvalue weighted by molar-refractivity contribution is 9.10. The van der Waals surface area contributed by atoms with Gasteiger partial charge in [0.2, 0.25) is 0 Å². The minimum atomic E-state index is -0.133. The first-order valence-electron chi connectivity index (χ1n) is 6.28. The quantitative estimate of drug-likeness (QED) is 0.744. The van der Waals surface area contributed by atoms with Crippen LogP contribution in [0.2, 0.25) is 0 Å². The molecule has 0 fully saturated rings. The summed E-state index contributed by atoms with van der Waals surface area (Å²) < 4.78 is 16.6. The van der Waals surface area contributed by atoms with E-state index in [4.69, 9.17) is 14.2 Å². The number of hydrogen-bond acceptors (Lipinski definition) is 4. The molecule has 0 aromatic heterocycles. The molecule has 0 saturated carbocycles. The average molecular weight is 351 g/mol. The molecule has 0 atom stereocenters. The van der Waals surface area contributed by atoms with E-state index in [2.05, 4.69) is 15.9 Å². The van der Waals surface area contributed by atoms with Gasteiger partial charge in [-0.05, 0) is 40.2 Å². The molecular formula is C16H15BrO4. The maximum absolute atomic E-state index is 12.2. The van der Waals surface area contributed by atoms with Crippen LogP contribution in [0.5, 0.6) is 17.2 Å². The predicted molar refractivity (Wildman–Crippen MR) is 83.5 cm³/mol. The van der Waals surface area contributed by atoms with Crippen molar-refractivity contribution < 1.29 is 19.0 Å². The Morgan fingerprint density at radius 3 is 2.57 bits per heavy atom. The number of rotatable bonds is 6. The van der Waals surface area contributed by atoms with Crippen LogP contribution in [0.1, 0.15) is 10.4 Å². The van der Waals surface area contributed by atoms with E-state index in [9.17, 15) is 4.79 Å². The third kappa shape index (κ3) is 3.76. The Kier molecular flexibility index (Phi) is 5.22. The third-order valence-electron chi connectivity index (χ3n) is 2.89. The molecule has 0 heterocycles. The highest BCUT2D eigenvalue weighted by Crippen LogP contribution is 2.34. The zero-order chi connectivity index (χ0) is 15.2. The van der Waals surface area contributed by atoms with Gasteiger partial charge in [0, 0.05) is 5.56 Å². The number of carbonyl (C=O) groups is 1. The summed E-state index contributed by atoms with van der Waals surface area (Å²) >= 11 is 3.38. The SMILES string of the molecule is COc1cccc(C(=O)COc2c(Br)cccc2OC)c1. The molecule has 4 nitrogen and oxygen atoms in total. The van der Waals surface area contributed by atoms with E-state index in [0.29, 0.717) is 22.8 Å². The van der Waals surface area contributed by atoms with Crippen molar-refractivity contribution in [1.82, 2.24) is 0 Å². The number of para-hydroxylation sites is 1. The topological polar surface area (TPSA) is 44.8 Å². The van der Waals surface area contributed by atoms with Gasteiger partial charge in [-0.15, -0.1) is 0 Å². The average Bonchev–Trinajstić information content (AvgIpc) is 2.53. The van der Waals surface area contributed by atoms with Gasteiger partial charge in [-0.2, -0.15) is 0 Å². The second-order valence-electron chi connectivity index (χ2n) is 4.22. The van der Waals surface area contributed by atoms with Crippen LogP contribution >= 0.6 is 15.9 Å². The molecular weight excluding hydrogens is 336 g/mol. The van der Waals surface area contributed by atoms with Crippen molar-refractivity contribution in [2.75, 3.05) is 20.8 Å². The van der Waals surface area contributed by atoms with Gasteiger partial charge in [-0.25, -0.2) is 0 Å². The van der Waals surface area contributed by atoms with E-state index in [0.717, 1.165) is 4.47 Å². The summed E-state index contributed by atoms with van der Waals surface area (Å²) in [4.78, 5) is 12.2. The fraction of sp³-hybridized carbons (Fsp3) is 0.188. The number of carbonyl (C=O) groups excluding carboxylic acids is 1. The van der Waals surface area contributed by atoms with Crippen molar-refractivity contribution in [1.29, 1.82) is 0 Å². The summed E-state index contributed by atoms with van der Waals surface area (Å²) in [6.07, 6.45) is 0. The predicted octanol–water partition coefficient (Wildman–Crippen LogP) is 3.73. The van der Waals surface area contributed by atoms with Crippen molar-refractivity contribution in [3.63, 3.8) is 0 Å². The van der Waals surface area contributed by atoms with Crippen molar-refractivity contribution in [2.45, 2.75) is 0 Å². The molecule has 0 aliphatic rings. The van der Waals surface area contributed by atoms with Crippen molar-refractivity contribution in [3.05, 3.63) is 52.5 Å². The van der Waals surface area contributed by atoms with Gasteiger partial charge in [0.15, 0.2) is 23.9 Å². The summed E-state index contributed by atoms with van der Waals surface area (Å²) in [6.45, 7) is -0.0772. The lowest BCUT2D eigenvalue weighted by atomic mass is 10.1. The first-order chi connectivity index (χ1) is 10.2. The fourth-order valence-corrected chi connectivity index (χ4v) is 2.27. The van der Waals surface area contributed by atoms with Crippen LogP contribution in [0.4, 0.5) is 0 Å². The van der Waals surface area contributed by atoms with E-state index in [1.807, 2.05) is 12.1 Å². The minimum Gasteiger partial charge on any atom is -0.497 e. The Morgan fingerprint density at radius 2 is 1.86 bits per heavy atom. The Balaban J connectivity index is 2.11. The van der Waals surface area contributed by atoms with E-state index in [1.54, 1.807) is 44.6 Å². The van der Waals surface area contributed by atoms with Gasteiger partial charge in [-0.3, -0.25) is 4.79 Å². The number of ketones is 1. The van der Waals surface area contributed by atoms with Crippen LogP contribution in [0.25, 0.3) is 0 Å². The second kappa shape index (κ2) is 7.13. The number of benzene rings is 2. The van der Waals surface area contributed by atoms with Crippen LogP contribution < -0.4 is 14.2 Å². The number of Topliss-reactive ketones (excluding diaryl/α,β-unsaturated/α-hetero) is 1. The van der Waals surface area contributed by atoms with E-state index >= 15 is 0 Å². The highest BCUT2D eigenvalue weighted by Gasteiger charge is 2.12. The summed E-state index contributed by atoms with van der Waals surface area (Å²) in [7, 11) is 3.12. The minimum absolute atomic E-state index is 0.0772. The Hall–Kier alpha value is -2.01. The van der Waals surface area contributed by atoms with Crippen LogP contribution in [0.15, 0.2) is 46.9 Å². The number of halogens is 1. The van der Waals surface area contributed by atoms with Crippen molar-refractivity contribution >= 4 is 21.7 Å². The molecule has 2 rings (SSSR count). The molecule has 0 unspecified atom stereocenters. The van der Waals surface area contributed by atoms with E-state index in [1.165, 1.54) is 0 Å². The monoisotopic (exact) mass is 350 g/mol. The fourth-order valence-electron chi connectivity index (χ4n) is 1.81. The summed E-state index contributed by atoms with van der Waals surface area (Å²) in [5.41, 5.74) is 0.542. The molecule has 0 N–H and O–H groups in total. The molecule has 0 aliphatic carbocycles. The molecule has 0 amide bonds. The highest BCUT2D eigenvalue weighted by atomic mass is 79.9. The Bertz CT molecular complexity index is 640. The summed E-state index contributed by atoms with van der Waals surface area (Å²) in [5.74, 6) is 1.59. The molecule has 2 aromatic carbocycles. The van der Waals surface area contributed by atoms with Gasteiger partial charge in [0.05, 0.1) is 18.7 Å². The first kappa shape index (κ1) is 15.4. The Morgan fingerprint density at radius 1 is 1.10 bits per heavy atom. The molecule has 5 heteroatoms. The van der Waals surface area contributed by atoms with Crippen molar-refractivity contribution in [2.24, 2.45) is 0 Å². The maximum atomic E-state index is 12.2. The first-order valence-corrected chi connectivity index (χ1v) is 7.07. The zero-order valence-electron chi connectivity index (χ0n) is 11.8. The van der Waals surface area contributed by atoms with Gasteiger partial charge in [-0.1, -0.05) is 18.2 Å².